The third-order valence-electron chi connectivity index (χ3n) is 12.7. The minimum atomic E-state index is -1.34. The lowest BCUT2D eigenvalue weighted by atomic mass is 9.34. The van der Waals surface area contributed by atoms with Gasteiger partial charge in [0.1, 0.15) is 21.4 Å². The van der Waals surface area contributed by atoms with E-state index >= 15 is 0 Å². The van der Waals surface area contributed by atoms with Gasteiger partial charge in [-0.2, -0.15) is 0 Å². The van der Waals surface area contributed by atoms with Gasteiger partial charge in [-0.25, -0.2) is 0 Å². The molecule has 328 valence electrons. The Morgan fingerprint density at radius 3 is 1.25 bits per heavy atom. The van der Waals surface area contributed by atoms with Gasteiger partial charge in [0.15, 0.2) is 63.2 Å². The van der Waals surface area contributed by atoms with Crippen LogP contribution < -0.4 is 46.6 Å². The summed E-state index contributed by atoms with van der Waals surface area (Å²) in [6.07, 6.45) is 0. The fraction of sp³-hybridized carbons (Fsp3) is 0. The maximum Gasteiger partial charge on any atom is 0.271 e. The summed E-state index contributed by atoms with van der Waals surface area (Å²) in [6.45, 7) is -1.34. The van der Waals surface area contributed by atoms with Gasteiger partial charge < -0.3 is 70.8 Å². The summed E-state index contributed by atoms with van der Waals surface area (Å²) in [7, 11) is 12.4. The summed E-state index contributed by atoms with van der Waals surface area (Å²) in [4.78, 5) is 10.9. The van der Waals surface area contributed by atoms with Crippen molar-refractivity contribution in [1.29, 1.82) is 0 Å². The molecule has 0 saturated carbocycles. The van der Waals surface area contributed by atoms with Crippen molar-refractivity contribution in [3.63, 3.8) is 0 Å². The lowest BCUT2D eigenvalue weighted by Gasteiger charge is -2.34. The third kappa shape index (κ3) is 5.05. The van der Waals surface area contributed by atoms with E-state index in [0.717, 1.165) is 22.5 Å². The molecule has 9 aromatic rings. The Hall–Kier alpha value is -9.03. The van der Waals surface area contributed by atoms with E-state index in [2.05, 4.69) is 0 Å². The first-order valence-electron chi connectivity index (χ1n) is 20.2. The molecule has 0 aliphatic carbocycles. The molecule has 0 spiro atoms. The molecule has 0 atom stereocenters. The molecular formula is C48H25B3O16S. The molecule has 4 heterocycles. The highest BCUT2D eigenvalue weighted by Gasteiger charge is 2.52. The SMILES string of the molecule is [B]c1c([B])c2c3c(c1O)Oc1c(O)c(-c4ccc(-c5c(O)c(O)c(O)c6c5sc5c(-c7ccc(-c8ccccc8)cc7)c(O)c(O)c(O)c56)cc4)c(O)c4c1B3c1c(c(O)c(O)c(O)c1O4)OO2. The molecule has 0 unspecified atom stereocenters. The van der Waals surface area contributed by atoms with Crippen LogP contribution in [-0.2, 0) is 0 Å². The van der Waals surface area contributed by atoms with Crippen LogP contribution in [-0.4, -0.2) is 83.7 Å². The zero-order valence-electron chi connectivity index (χ0n) is 34.1. The van der Waals surface area contributed by atoms with Crippen molar-refractivity contribution in [2.45, 2.75) is 0 Å². The summed E-state index contributed by atoms with van der Waals surface area (Å²) in [6, 6.07) is 22.2. The monoisotopic (exact) mass is 922 g/mol. The molecule has 0 fully saturated rings. The largest absolute Gasteiger partial charge is 0.505 e. The van der Waals surface area contributed by atoms with Crippen LogP contribution in [0.2, 0.25) is 0 Å². The first-order valence-corrected chi connectivity index (χ1v) is 21.0. The molecule has 0 saturated heterocycles. The Labute approximate surface area is 387 Å². The molecule has 12 N–H and O–H groups in total. The lowest BCUT2D eigenvalue weighted by Crippen LogP contribution is -2.58. The van der Waals surface area contributed by atoms with Crippen molar-refractivity contribution in [3.8, 4) is 148 Å². The van der Waals surface area contributed by atoms with Crippen molar-refractivity contribution in [3.05, 3.63) is 78.9 Å². The van der Waals surface area contributed by atoms with Crippen molar-refractivity contribution in [2.75, 3.05) is 0 Å². The van der Waals surface area contributed by atoms with Gasteiger partial charge in [0, 0.05) is 27.5 Å². The third-order valence-corrected chi connectivity index (χ3v) is 13.9. The van der Waals surface area contributed by atoms with Crippen LogP contribution in [0.5, 0.6) is 103 Å². The maximum atomic E-state index is 12.1. The van der Waals surface area contributed by atoms with E-state index in [4.69, 9.17) is 34.9 Å². The lowest BCUT2D eigenvalue weighted by molar-refractivity contribution is -0.0982. The van der Waals surface area contributed by atoms with Crippen molar-refractivity contribution >= 4 is 81.2 Å². The maximum absolute atomic E-state index is 12.1. The Morgan fingerprint density at radius 1 is 0.338 bits per heavy atom. The van der Waals surface area contributed by atoms with Crippen LogP contribution in [0.4, 0.5) is 0 Å². The number of benzene rings is 8. The molecule has 20 heteroatoms. The second kappa shape index (κ2) is 13.8. The fourth-order valence-electron chi connectivity index (χ4n) is 9.45. The number of phenols is 12. The van der Waals surface area contributed by atoms with Gasteiger partial charge in [0.05, 0.1) is 25.7 Å². The van der Waals surface area contributed by atoms with Gasteiger partial charge in [-0.05, 0) is 27.8 Å². The van der Waals surface area contributed by atoms with Crippen LogP contribution >= 0.6 is 11.3 Å². The zero-order chi connectivity index (χ0) is 47.5. The van der Waals surface area contributed by atoms with Gasteiger partial charge >= 0.3 is 0 Å². The molecular weight excluding hydrogens is 897 g/mol. The number of thiophene rings is 1. The van der Waals surface area contributed by atoms with Gasteiger partial charge in [0.2, 0.25) is 34.5 Å². The number of rotatable bonds is 4. The molecule has 0 amide bonds. The number of fused-ring (bicyclic) bond motifs is 3. The molecule has 12 rings (SSSR count). The van der Waals surface area contributed by atoms with Gasteiger partial charge in [-0.3, -0.25) is 9.78 Å². The zero-order valence-corrected chi connectivity index (χ0v) is 35.0. The molecule has 4 radical (unpaired) electrons. The van der Waals surface area contributed by atoms with Crippen molar-refractivity contribution < 1.29 is 80.5 Å². The molecule has 8 aromatic carbocycles. The van der Waals surface area contributed by atoms with Gasteiger partial charge in [0.25, 0.3) is 6.71 Å². The van der Waals surface area contributed by atoms with Gasteiger partial charge in [-0.15, -0.1) is 11.3 Å². The first-order chi connectivity index (χ1) is 32.6. The van der Waals surface area contributed by atoms with E-state index in [1.165, 1.54) is 24.3 Å². The minimum Gasteiger partial charge on any atom is -0.505 e. The molecule has 0 bridgehead atoms. The number of aromatic hydroxyl groups is 12. The molecule has 68 heavy (non-hydrogen) atoms. The summed E-state index contributed by atoms with van der Waals surface area (Å²) in [5, 5.41) is 136. The van der Waals surface area contributed by atoms with Crippen LogP contribution in [0, 0.1) is 0 Å². The minimum absolute atomic E-state index is 0.0593. The quantitative estimate of drug-likeness (QED) is 0.0615. The summed E-state index contributed by atoms with van der Waals surface area (Å²) in [5.41, 5.74) is 1.08. The smallest absolute Gasteiger partial charge is 0.271 e. The van der Waals surface area contributed by atoms with E-state index in [1.54, 1.807) is 12.1 Å². The number of hydrogen-bond acceptors (Lipinski definition) is 17. The first kappa shape index (κ1) is 40.5. The van der Waals surface area contributed by atoms with Crippen LogP contribution in [0.25, 0.3) is 64.7 Å². The summed E-state index contributed by atoms with van der Waals surface area (Å²) in [5.74, 6) is -12.6. The molecule has 3 aliphatic rings. The van der Waals surface area contributed by atoms with E-state index < -0.39 is 104 Å². The van der Waals surface area contributed by atoms with Crippen LogP contribution in [0.15, 0.2) is 78.9 Å². The fourth-order valence-corrected chi connectivity index (χ4v) is 10.9. The standard InChI is InChI=1S/C48H25B3O16S/c49-24-25(50)41-26-44(35(24)58)64-42-27-43(65-45-28(51(26)27)46(67-66-41)40(63)38(61)39(45)62)34(57)19(33(42)56)16-10-12-18(13-11-16)21-30(53)37(60)32(55)23-22-31(54)36(59)29(52)20(47(22)68-48(21)23)17-8-6-15(7-9-17)14-4-2-1-3-5-14/h1-13,52-63H. The van der Waals surface area contributed by atoms with E-state index in [-0.39, 0.29) is 81.3 Å². The summed E-state index contributed by atoms with van der Waals surface area (Å²) < 4.78 is 12.5. The Kier molecular flexibility index (Phi) is 8.19. The Bertz CT molecular complexity index is 3680. The number of ether oxygens (including phenoxy) is 2. The highest BCUT2D eigenvalue weighted by molar-refractivity contribution is 7.27. The van der Waals surface area contributed by atoms with E-state index in [1.807, 2.05) is 42.5 Å². The van der Waals surface area contributed by atoms with Crippen molar-refractivity contribution in [1.82, 2.24) is 0 Å². The molecule has 3 aliphatic heterocycles. The van der Waals surface area contributed by atoms with Crippen molar-refractivity contribution in [2.24, 2.45) is 0 Å². The number of hydrogen-bond donors (Lipinski definition) is 12. The molecule has 16 nitrogen and oxygen atoms in total. The van der Waals surface area contributed by atoms with Gasteiger partial charge in [-0.1, -0.05) is 89.8 Å². The van der Waals surface area contributed by atoms with E-state index in [9.17, 15) is 61.3 Å². The normalized spacial score (nSPS) is 12.8. The highest BCUT2D eigenvalue weighted by Crippen LogP contribution is 2.62. The predicted octanol–water partition coefficient (Wildman–Crippen LogP) is 5.19. The second-order valence-electron chi connectivity index (χ2n) is 16.2. The predicted molar refractivity (Wildman–Crippen MR) is 251 cm³/mol. The average molecular weight is 922 g/mol. The average Bonchev–Trinajstić information content (AvgIpc) is 3.64. The Balaban J connectivity index is 1.04. The topological polar surface area (TPSA) is 280 Å². The van der Waals surface area contributed by atoms with E-state index in [0.29, 0.717) is 5.56 Å². The van der Waals surface area contributed by atoms with Crippen LogP contribution in [0.1, 0.15) is 0 Å². The number of phenolic OH excluding ortho intramolecular Hbond substituents is 12. The Morgan fingerprint density at radius 2 is 0.721 bits per heavy atom. The summed E-state index contributed by atoms with van der Waals surface area (Å²) >= 11 is 0.929. The van der Waals surface area contributed by atoms with Crippen LogP contribution in [0.3, 0.4) is 0 Å². The molecule has 1 aromatic heterocycles. The highest BCUT2D eigenvalue weighted by atomic mass is 32.1. The second-order valence-corrected chi connectivity index (χ2v) is 17.2.